The highest BCUT2D eigenvalue weighted by molar-refractivity contribution is 5.68. The van der Waals surface area contributed by atoms with E-state index in [1.54, 1.807) is 12.1 Å². The van der Waals surface area contributed by atoms with Crippen LogP contribution in [0.25, 0.3) is 0 Å². The summed E-state index contributed by atoms with van der Waals surface area (Å²) in [5, 5.41) is 18.4. The van der Waals surface area contributed by atoms with Crippen molar-refractivity contribution in [3.05, 3.63) is 23.8 Å². The van der Waals surface area contributed by atoms with Crippen LogP contribution < -0.4 is 4.90 Å². The fraction of sp³-hybridized carbons (Fsp3) is 0.500. The first-order valence-corrected chi connectivity index (χ1v) is 6.30. The number of hydrogen-bond donors (Lipinski definition) is 2. The van der Waals surface area contributed by atoms with Gasteiger partial charge in [0.05, 0.1) is 0 Å². The van der Waals surface area contributed by atoms with Crippen LogP contribution in [-0.4, -0.2) is 28.8 Å². The van der Waals surface area contributed by atoms with Crippen molar-refractivity contribution in [2.24, 2.45) is 0 Å². The van der Waals surface area contributed by atoms with Gasteiger partial charge in [0.1, 0.15) is 5.75 Å². The lowest BCUT2D eigenvalue weighted by molar-refractivity contribution is -0.137. The number of fused-ring (bicyclic) bond motifs is 1. The van der Waals surface area contributed by atoms with Gasteiger partial charge >= 0.3 is 5.97 Å². The van der Waals surface area contributed by atoms with Crippen molar-refractivity contribution in [1.82, 2.24) is 0 Å². The number of aliphatic carboxylic acids is 1. The third kappa shape index (κ3) is 2.42. The summed E-state index contributed by atoms with van der Waals surface area (Å²) >= 11 is 0. The molecule has 1 aromatic rings. The van der Waals surface area contributed by atoms with Gasteiger partial charge in [0.25, 0.3) is 0 Å². The first-order valence-electron chi connectivity index (χ1n) is 6.30. The topological polar surface area (TPSA) is 60.8 Å². The molecular formula is C14H19NO3. The molecule has 0 aliphatic carbocycles. The number of hydrogen-bond acceptors (Lipinski definition) is 3. The zero-order valence-electron chi connectivity index (χ0n) is 10.8. The Morgan fingerprint density at radius 3 is 2.83 bits per heavy atom. The maximum atomic E-state index is 10.7. The highest BCUT2D eigenvalue weighted by Crippen LogP contribution is 2.41. The van der Waals surface area contributed by atoms with E-state index in [0.29, 0.717) is 12.5 Å². The van der Waals surface area contributed by atoms with E-state index in [9.17, 15) is 9.90 Å². The van der Waals surface area contributed by atoms with E-state index in [2.05, 4.69) is 18.7 Å². The molecule has 0 radical (unpaired) electrons. The number of carbonyl (C=O) groups is 1. The summed E-state index contributed by atoms with van der Waals surface area (Å²) < 4.78 is 0. The number of aromatic hydroxyl groups is 1. The van der Waals surface area contributed by atoms with Gasteiger partial charge in [0, 0.05) is 30.6 Å². The molecule has 0 aromatic heterocycles. The van der Waals surface area contributed by atoms with Crippen LogP contribution in [0.2, 0.25) is 0 Å². The van der Waals surface area contributed by atoms with Gasteiger partial charge in [-0.05, 0) is 44.0 Å². The summed E-state index contributed by atoms with van der Waals surface area (Å²) in [6, 6.07) is 5.76. The number of rotatable bonds is 4. The molecule has 1 unspecified atom stereocenters. The predicted molar refractivity (Wildman–Crippen MR) is 70.2 cm³/mol. The Morgan fingerprint density at radius 2 is 2.22 bits per heavy atom. The fourth-order valence-electron chi connectivity index (χ4n) is 2.60. The number of nitrogens with zero attached hydrogens (tertiary/aromatic N) is 1. The van der Waals surface area contributed by atoms with Crippen LogP contribution in [-0.2, 0) is 4.79 Å². The van der Waals surface area contributed by atoms with Crippen molar-refractivity contribution in [2.45, 2.75) is 38.6 Å². The van der Waals surface area contributed by atoms with Gasteiger partial charge in [-0.2, -0.15) is 0 Å². The van der Waals surface area contributed by atoms with Crippen molar-refractivity contribution in [3.63, 3.8) is 0 Å². The smallest absolute Gasteiger partial charge is 0.303 e. The Labute approximate surface area is 107 Å². The maximum absolute atomic E-state index is 10.7. The molecule has 1 aliphatic rings. The molecule has 4 nitrogen and oxygen atoms in total. The standard InChI is InChI=1S/C14H19NO3/c1-9(2)15-8-10(3-6-14(17)18)12-7-11(16)4-5-13(12)15/h4-5,7,9-10,16H,3,6,8H2,1-2H3,(H,17,18). The summed E-state index contributed by atoms with van der Waals surface area (Å²) in [5.41, 5.74) is 2.20. The Balaban J connectivity index is 2.26. The Morgan fingerprint density at radius 1 is 1.50 bits per heavy atom. The molecule has 2 N–H and O–H groups in total. The molecule has 1 atom stereocenters. The van der Waals surface area contributed by atoms with Gasteiger partial charge < -0.3 is 15.1 Å². The van der Waals surface area contributed by atoms with E-state index in [1.807, 2.05) is 6.07 Å². The van der Waals surface area contributed by atoms with E-state index in [4.69, 9.17) is 5.11 Å². The van der Waals surface area contributed by atoms with E-state index in [1.165, 1.54) is 0 Å². The van der Waals surface area contributed by atoms with Crippen LogP contribution in [0.3, 0.4) is 0 Å². The van der Waals surface area contributed by atoms with Crippen LogP contribution in [0.5, 0.6) is 5.75 Å². The lowest BCUT2D eigenvalue weighted by Gasteiger charge is -2.24. The number of phenols is 1. The molecule has 2 rings (SSSR count). The van der Waals surface area contributed by atoms with Gasteiger partial charge in [0.2, 0.25) is 0 Å². The number of phenolic OH excluding ortho intramolecular Hbond substituents is 1. The Kier molecular flexibility index (Phi) is 3.45. The minimum absolute atomic E-state index is 0.172. The van der Waals surface area contributed by atoms with Gasteiger partial charge in [-0.1, -0.05) is 0 Å². The summed E-state index contributed by atoms with van der Waals surface area (Å²) in [5.74, 6) is -0.315. The zero-order chi connectivity index (χ0) is 13.3. The van der Waals surface area contributed by atoms with Crippen molar-refractivity contribution in [1.29, 1.82) is 0 Å². The van der Waals surface area contributed by atoms with Crippen LogP contribution in [0.15, 0.2) is 18.2 Å². The number of benzene rings is 1. The predicted octanol–water partition coefficient (Wildman–Crippen LogP) is 2.57. The molecule has 98 valence electrons. The largest absolute Gasteiger partial charge is 0.508 e. The molecule has 0 spiro atoms. The van der Waals surface area contributed by atoms with Crippen LogP contribution in [0.4, 0.5) is 5.69 Å². The van der Waals surface area contributed by atoms with E-state index >= 15 is 0 Å². The molecular weight excluding hydrogens is 230 g/mol. The van der Waals surface area contributed by atoms with Crippen molar-refractivity contribution >= 4 is 11.7 Å². The van der Waals surface area contributed by atoms with Crippen LogP contribution in [0.1, 0.15) is 38.2 Å². The van der Waals surface area contributed by atoms with Crippen LogP contribution >= 0.6 is 0 Å². The van der Waals surface area contributed by atoms with Crippen LogP contribution in [0, 0.1) is 0 Å². The Hall–Kier alpha value is -1.71. The van der Waals surface area contributed by atoms with E-state index in [0.717, 1.165) is 17.8 Å². The molecule has 18 heavy (non-hydrogen) atoms. The third-order valence-corrected chi connectivity index (χ3v) is 3.51. The normalized spacial score (nSPS) is 18.2. The summed E-state index contributed by atoms with van der Waals surface area (Å²) in [6.07, 6.45) is 0.792. The van der Waals surface area contributed by atoms with Crippen molar-refractivity contribution in [3.8, 4) is 5.75 Å². The lowest BCUT2D eigenvalue weighted by atomic mass is 9.96. The van der Waals surface area contributed by atoms with Gasteiger partial charge in [-0.25, -0.2) is 0 Å². The first-order chi connectivity index (χ1) is 8.49. The molecule has 1 heterocycles. The molecule has 0 saturated carbocycles. The van der Waals surface area contributed by atoms with Crippen molar-refractivity contribution < 1.29 is 15.0 Å². The summed E-state index contributed by atoms with van der Waals surface area (Å²) in [6.45, 7) is 5.08. The third-order valence-electron chi connectivity index (χ3n) is 3.51. The minimum Gasteiger partial charge on any atom is -0.508 e. The second kappa shape index (κ2) is 4.88. The second-order valence-corrected chi connectivity index (χ2v) is 5.12. The molecule has 4 heteroatoms. The number of carboxylic acids is 1. The molecule has 1 aromatic carbocycles. The maximum Gasteiger partial charge on any atom is 0.303 e. The monoisotopic (exact) mass is 249 g/mol. The minimum atomic E-state index is -0.764. The second-order valence-electron chi connectivity index (χ2n) is 5.12. The molecule has 0 saturated heterocycles. The van der Waals surface area contributed by atoms with Gasteiger partial charge in [0.15, 0.2) is 0 Å². The van der Waals surface area contributed by atoms with E-state index in [-0.39, 0.29) is 18.1 Å². The SMILES string of the molecule is CC(C)N1CC(CCC(=O)O)c2cc(O)ccc21. The zero-order valence-corrected chi connectivity index (χ0v) is 10.8. The highest BCUT2D eigenvalue weighted by Gasteiger charge is 2.30. The summed E-state index contributed by atoms with van der Waals surface area (Å²) in [4.78, 5) is 13.0. The quantitative estimate of drug-likeness (QED) is 0.861. The number of carboxylic acid groups (broad SMARTS) is 1. The van der Waals surface area contributed by atoms with E-state index < -0.39 is 5.97 Å². The fourth-order valence-corrected chi connectivity index (χ4v) is 2.60. The Bertz CT molecular complexity index is 456. The average molecular weight is 249 g/mol. The first kappa shape index (κ1) is 12.7. The highest BCUT2D eigenvalue weighted by atomic mass is 16.4. The summed E-state index contributed by atoms with van der Waals surface area (Å²) in [7, 11) is 0. The molecule has 0 amide bonds. The van der Waals surface area contributed by atoms with Crippen molar-refractivity contribution in [2.75, 3.05) is 11.4 Å². The number of anilines is 1. The van der Waals surface area contributed by atoms with Gasteiger partial charge in [-0.15, -0.1) is 0 Å². The molecule has 0 fully saturated rings. The molecule has 1 aliphatic heterocycles. The molecule has 0 bridgehead atoms. The van der Waals surface area contributed by atoms with Gasteiger partial charge in [-0.3, -0.25) is 4.79 Å². The lowest BCUT2D eigenvalue weighted by Crippen LogP contribution is -2.29. The average Bonchev–Trinajstić information content (AvgIpc) is 2.64.